The van der Waals surface area contributed by atoms with Crippen molar-refractivity contribution in [2.24, 2.45) is 16.7 Å². The normalized spacial score (nSPS) is 22.5. The van der Waals surface area contributed by atoms with E-state index in [0.717, 1.165) is 75.5 Å². The van der Waals surface area contributed by atoms with Crippen molar-refractivity contribution in [2.75, 3.05) is 91.3 Å². The molecule has 2 aromatic heterocycles. The van der Waals surface area contributed by atoms with Crippen molar-refractivity contribution in [3.05, 3.63) is 59.9 Å². The molecule has 7 aliphatic rings. The maximum Gasteiger partial charge on any atom is 0.335 e. The third-order valence-electron chi connectivity index (χ3n) is 15.6. The summed E-state index contributed by atoms with van der Waals surface area (Å²) in [6, 6.07) is 10.9. The van der Waals surface area contributed by atoms with Gasteiger partial charge < -0.3 is 55.0 Å². The fourth-order valence-corrected chi connectivity index (χ4v) is 11.5. The van der Waals surface area contributed by atoms with E-state index in [1.165, 1.54) is 44.9 Å². The van der Waals surface area contributed by atoms with E-state index in [1.807, 2.05) is 39.8 Å². The van der Waals surface area contributed by atoms with E-state index in [1.54, 1.807) is 55.5 Å². The number of piperidine rings is 3. The van der Waals surface area contributed by atoms with Gasteiger partial charge in [0.15, 0.2) is 11.6 Å². The van der Waals surface area contributed by atoms with Crippen LogP contribution in [0, 0.1) is 16.7 Å². The summed E-state index contributed by atoms with van der Waals surface area (Å²) in [7, 11) is 6.65. The van der Waals surface area contributed by atoms with Crippen LogP contribution in [0.3, 0.4) is 0 Å². The lowest BCUT2D eigenvalue weighted by molar-refractivity contribution is -0.126. The lowest BCUT2D eigenvalue weighted by Gasteiger charge is -2.44. The van der Waals surface area contributed by atoms with Crippen molar-refractivity contribution < 1.29 is 33.8 Å². The van der Waals surface area contributed by atoms with Crippen molar-refractivity contribution in [3.8, 4) is 11.5 Å². The summed E-state index contributed by atoms with van der Waals surface area (Å²) in [6.07, 6.45) is 14.8. The Hall–Kier alpha value is -6.76. The predicted octanol–water partition coefficient (Wildman–Crippen LogP) is 7.48. The molecule has 0 radical (unpaired) electrons. The van der Waals surface area contributed by atoms with Crippen LogP contribution < -0.4 is 45.0 Å². The molecule has 5 aliphatic heterocycles. The number of fused-ring (bicyclic) bond motifs is 5. The number of ether oxygens (including phenoxy) is 2. The van der Waals surface area contributed by atoms with Crippen LogP contribution in [0.25, 0.3) is 0 Å². The molecule has 384 valence electrons. The molecular formula is C53H70N12O7. The molecule has 3 amide bonds. The smallest absolute Gasteiger partial charge is 0.335 e. The van der Waals surface area contributed by atoms with E-state index < -0.39 is 16.8 Å². The number of benzene rings is 2. The van der Waals surface area contributed by atoms with Gasteiger partial charge in [-0.1, -0.05) is 25.7 Å². The van der Waals surface area contributed by atoms with Crippen molar-refractivity contribution >= 4 is 70.0 Å². The van der Waals surface area contributed by atoms with E-state index in [0.29, 0.717) is 77.1 Å². The molecule has 2 bridgehead atoms. The third-order valence-corrected chi connectivity index (χ3v) is 15.6. The first-order chi connectivity index (χ1) is 34.4. The third kappa shape index (κ3) is 10.2. The van der Waals surface area contributed by atoms with E-state index in [9.17, 15) is 24.3 Å². The highest BCUT2D eigenvalue weighted by Crippen LogP contribution is 2.43. The van der Waals surface area contributed by atoms with Gasteiger partial charge in [-0.05, 0) is 122 Å². The SMILES string of the molecule is COc1cc(C(=O)NC2CN3CCC2CC3)ccc1Nc1ncc2c(n1)N(C1CCCC1)CC(C)(C)C(=O)N2C.COc1cc(C(=O)O)ccc1Nc1ncc2c(n1)N(C1CCCC1)CC(C)(C)C(=O)N2C. The molecule has 7 heterocycles. The van der Waals surface area contributed by atoms with Crippen LogP contribution in [0.15, 0.2) is 48.8 Å². The van der Waals surface area contributed by atoms with E-state index >= 15 is 0 Å². The summed E-state index contributed by atoms with van der Waals surface area (Å²) in [6.45, 7) is 12.4. The van der Waals surface area contributed by atoms with Gasteiger partial charge in [-0.25, -0.2) is 14.8 Å². The van der Waals surface area contributed by atoms with Gasteiger partial charge in [-0.3, -0.25) is 14.4 Å². The van der Waals surface area contributed by atoms with Crippen molar-refractivity contribution in [1.82, 2.24) is 30.2 Å². The molecule has 1 unspecified atom stereocenters. The number of aromatic nitrogens is 4. The standard InChI is InChI=1S/C30H41N7O3.C23H29N5O4/c1-30(2)18-37(21-7-5-6-8-21)26-24(35(3)28(30)39)16-31-29(34-26)33-22-10-9-20(15-25(22)40-4)27(38)32-23-17-36-13-11-19(23)12-14-36;1-23(2)13-28(15-7-5-6-8-15)19-17(27(3)21(23)31)12-24-22(26-19)25-16-10-9-14(20(29)30)11-18(16)32-4/h9-10,15-16,19,21,23H,5-8,11-14,17-18H2,1-4H3,(H,32,38)(H,31,33,34);9-12,15H,5-8,13H2,1-4H3,(H,29,30)(H,24,25,26). The number of hydrogen-bond donors (Lipinski definition) is 4. The monoisotopic (exact) mass is 987 g/mol. The van der Waals surface area contributed by atoms with Crippen LogP contribution in [-0.4, -0.2) is 133 Å². The Morgan fingerprint density at radius 2 is 1.11 bits per heavy atom. The Morgan fingerprint density at radius 1 is 0.667 bits per heavy atom. The molecule has 19 nitrogen and oxygen atoms in total. The number of carboxylic acids is 1. The number of anilines is 8. The molecule has 5 fully saturated rings. The summed E-state index contributed by atoms with van der Waals surface area (Å²) >= 11 is 0. The second kappa shape index (κ2) is 20.4. The molecule has 2 aromatic carbocycles. The lowest BCUT2D eigenvalue weighted by Crippen LogP contribution is -2.57. The number of nitrogens with one attached hydrogen (secondary N) is 3. The van der Waals surface area contributed by atoms with Crippen molar-refractivity contribution in [3.63, 3.8) is 0 Å². The van der Waals surface area contributed by atoms with E-state index in [4.69, 9.17) is 19.4 Å². The molecule has 2 saturated carbocycles. The summed E-state index contributed by atoms with van der Waals surface area (Å²) in [4.78, 5) is 79.9. The molecule has 4 aromatic rings. The van der Waals surface area contributed by atoms with Crippen molar-refractivity contribution in [2.45, 2.75) is 110 Å². The number of rotatable bonds is 11. The maximum atomic E-state index is 13.3. The molecule has 72 heavy (non-hydrogen) atoms. The fourth-order valence-electron chi connectivity index (χ4n) is 11.5. The zero-order chi connectivity index (χ0) is 51.1. The first kappa shape index (κ1) is 50.2. The zero-order valence-corrected chi connectivity index (χ0v) is 43.0. The first-order valence-electron chi connectivity index (χ1n) is 25.4. The van der Waals surface area contributed by atoms with Crippen LogP contribution in [0.1, 0.15) is 113 Å². The van der Waals surface area contributed by atoms with Gasteiger partial charge >= 0.3 is 5.97 Å². The summed E-state index contributed by atoms with van der Waals surface area (Å²) in [5.74, 6) is 2.76. The first-order valence-corrected chi connectivity index (χ1v) is 25.4. The highest BCUT2D eigenvalue weighted by Gasteiger charge is 2.43. The minimum Gasteiger partial charge on any atom is -0.495 e. The van der Waals surface area contributed by atoms with Gasteiger partial charge in [0.05, 0.1) is 54.4 Å². The van der Waals surface area contributed by atoms with Gasteiger partial charge in [0.2, 0.25) is 23.7 Å². The van der Waals surface area contributed by atoms with Gasteiger partial charge in [0.25, 0.3) is 5.91 Å². The van der Waals surface area contributed by atoms with E-state index in [2.05, 4.69) is 40.6 Å². The van der Waals surface area contributed by atoms with Gasteiger partial charge in [0.1, 0.15) is 22.9 Å². The van der Waals surface area contributed by atoms with Crippen LogP contribution in [0.5, 0.6) is 11.5 Å². The molecule has 1 atom stereocenters. The summed E-state index contributed by atoms with van der Waals surface area (Å²) in [5, 5.41) is 18.9. The largest absolute Gasteiger partial charge is 0.495 e. The Bertz CT molecular complexity index is 2700. The lowest BCUT2D eigenvalue weighted by atomic mass is 9.84. The average molecular weight is 987 g/mol. The minimum atomic E-state index is -1.03. The minimum absolute atomic E-state index is 0.0366. The molecule has 4 N–H and O–H groups in total. The Kier molecular flexibility index (Phi) is 14.2. The van der Waals surface area contributed by atoms with Gasteiger partial charge in [-0.15, -0.1) is 0 Å². The number of nitrogens with zero attached hydrogens (tertiary/aromatic N) is 9. The molecule has 19 heteroatoms. The van der Waals surface area contributed by atoms with Crippen LogP contribution in [-0.2, 0) is 9.59 Å². The second-order valence-corrected chi connectivity index (χ2v) is 21.5. The summed E-state index contributed by atoms with van der Waals surface area (Å²) in [5.41, 5.74) is 2.24. The maximum absolute atomic E-state index is 13.3. The Morgan fingerprint density at radius 3 is 1.53 bits per heavy atom. The summed E-state index contributed by atoms with van der Waals surface area (Å²) < 4.78 is 11.0. The van der Waals surface area contributed by atoms with Crippen LogP contribution >= 0.6 is 0 Å². The zero-order valence-electron chi connectivity index (χ0n) is 43.0. The number of hydrogen-bond acceptors (Lipinski definition) is 15. The molecule has 3 saturated heterocycles. The second-order valence-electron chi connectivity index (χ2n) is 21.5. The Balaban J connectivity index is 0.000000182. The van der Waals surface area contributed by atoms with E-state index in [-0.39, 0.29) is 29.3 Å². The highest BCUT2D eigenvalue weighted by molar-refractivity contribution is 6.02. The van der Waals surface area contributed by atoms with Gasteiger partial charge in [0, 0.05) is 57.4 Å². The molecular weight excluding hydrogens is 917 g/mol. The number of aromatic carboxylic acids is 1. The highest BCUT2D eigenvalue weighted by atomic mass is 16.5. The van der Waals surface area contributed by atoms with Crippen LogP contribution in [0.4, 0.5) is 46.3 Å². The topological polar surface area (TPSA) is 211 Å². The molecule has 11 rings (SSSR count). The molecule has 2 aliphatic carbocycles. The predicted molar refractivity (Wildman–Crippen MR) is 278 cm³/mol. The Labute approximate surface area is 422 Å². The average Bonchev–Trinajstić information content (AvgIpc) is 4.11. The quantitative estimate of drug-likeness (QED) is 0.115. The number of carbonyl (C=O) groups is 4. The van der Waals surface area contributed by atoms with Gasteiger partial charge in [-0.2, -0.15) is 9.97 Å². The fraction of sp³-hybridized carbons (Fsp3) is 0.547. The number of amides is 3. The van der Waals surface area contributed by atoms with Crippen LogP contribution in [0.2, 0.25) is 0 Å². The molecule has 0 spiro atoms. The number of methoxy groups -OCH3 is 2. The number of carbonyl (C=O) groups excluding carboxylic acids is 3. The van der Waals surface area contributed by atoms with Crippen molar-refractivity contribution in [1.29, 1.82) is 0 Å². The number of carboxylic acid groups (broad SMARTS) is 1.